The average Bonchev–Trinajstić information content (AvgIpc) is 2.63. The Morgan fingerprint density at radius 1 is 1.24 bits per heavy atom. The summed E-state index contributed by atoms with van der Waals surface area (Å²) in [4.78, 5) is 11.5. The van der Waals surface area contributed by atoms with Crippen molar-refractivity contribution >= 4 is 33.2 Å². The molecule has 17 heavy (non-hydrogen) atoms. The molecular weight excluding hydrogens is 312 g/mol. The molecule has 0 spiro atoms. The summed E-state index contributed by atoms with van der Waals surface area (Å²) in [6, 6.07) is 5.70. The number of rotatable bonds is 2. The summed E-state index contributed by atoms with van der Waals surface area (Å²) in [6.07, 6.45) is 0. The van der Waals surface area contributed by atoms with Crippen LogP contribution in [0.15, 0.2) is 28.1 Å². The highest BCUT2D eigenvalue weighted by atomic mass is 79.9. The lowest BCUT2D eigenvalue weighted by Crippen LogP contribution is -2.15. The van der Waals surface area contributed by atoms with Crippen molar-refractivity contribution in [3.63, 3.8) is 0 Å². The molecule has 2 rings (SSSR count). The van der Waals surface area contributed by atoms with E-state index >= 15 is 0 Å². The van der Waals surface area contributed by atoms with Gasteiger partial charge in [0.05, 0.1) is 3.79 Å². The van der Waals surface area contributed by atoms with Crippen molar-refractivity contribution in [2.24, 2.45) is 5.73 Å². The first kappa shape index (κ1) is 12.2. The maximum absolute atomic E-state index is 13.5. The Labute approximate surface area is 108 Å². The fraction of sp³-hybridized carbons (Fsp3) is 0. The van der Waals surface area contributed by atoms with Gasteiger partial charge in [0.2, 0.25) is 0 Å². The molecular formula is C11H6BrF2NOS. The topological polar surface area (TPSA) is 43.1 Å². The van der Waals surface area contributed by atoms with Gasteiger partial charge in [-0.15, -0.1) is 11.3 Å². The number of nitrogens with two attached hydrogens (primary N) is 1. The monoisotopic (exact) mass is 317 g/mol. The molecule has 0 aliphatic rings. The smallest absolute Gasteiger partial charge is 0.254 e. The predicted octanol–water partition coefficient (Wildman–Crippen LogP) is 3.55. The third-order valence-electron chi connectivity index (χ3n) is 2.15. The summed E-state index contributed by atoms with van der Waals surface area (Å²) in [5.74, 6) is -3.01. The number of hydrogen-bond acceptors (Lipinski definition) is 2. The van der Waals surface area contributed by atoms with E-state index in [4.69, 9.17) is 5.73 Å². The normalized spacial score (nSPS) is 10.5. The summed E-state index contributed by atoms with van der Waals surface area (Å²) >= 11 is 4.60. The molecule has 1 amide bonds. The lowest BCUT2D eigenvalue weighted by atomic mass is 10.1. The van der Waals surface area contributed by atoms with Crippen LogP contribution in [0.4, 0.5) is 8.78 Å². The van der Waals surface area contributed by atoms with Crippen molar-refractivity contribution in [1.82, 2.24) is 0 Å². The first-order chi connectivity index (χ1) is 7.99. The quantitative estimate of drug-likeness (QED) is 0.904. The summed E-state index contributed by atoms with van der Waals surface area (Å²) in [7, 11) is 0. The van der Waals surface area contributed by atoms with Gasteiger partial charge in [-0.1, -0.05) is 0 Å². The Bertz CT molecular complexity index is 574. The zero-order chi connectivity index (χ0) is 12.6. The van der Waals surface area contributed by atoms with Crippen molar-refractivity contribution in [3.05, 3.63) is 45.2 Å². The second-order valence-electron chi connectivity index (χ2n) is 3.28. The Morgan fingerprint density at radius 2 is 1.82 bits per heavy atom. The largest absolute Gasteiger partial charge is 0.365 e. The molecule has 0 aliphatic heterocycles. The van der Waals surface area contributed by atoms with Crippen molar-refractivity contribution < 1.29 is 13.6 Å². The molecule has 1 aromatic carbocycles. The number of primary amides is 1. The van der Waals surface area contributed by atoms with E-state index in [-0.39, 0.29) is 0 Å². The first-order valence-corrected chi connectivity index (χ1v) is 6.14. The highest BCUT2D eigenvalue weighted by Crippen LogP contribution is 2.32. The molecule has 0 aliphatic carbocycles. The molecule has 2 aromatic rings. The van der Waals surface area contributed by atoms with Crippen molar-refractivity contribution in [2.75, 3.05) is 0 Å². The summed E-state index contributed by atoms with van der Waals surface area (Å²) in [6.45, 7) is 0. The lowest BCUT2D eigenvalue weighted by molar-refractivity contribution is 0.0992. The fourth-order valence-corrected chi connectivity index (χ4v) is 2.79. The molecule has 0 fully saturated rings. The Hall–Kier alpha value is -1.27. The van der Waals surface area contributed by atoms with Crippen LogP contribution in [0.3, 0.4) is 0 Å². The zero-order valence-electron chi connectivity index (χ0n) is 8.34. The molecule has 0 radical (unpaired) electrons. The highest BCUT2D eigenvalue weighted by molar-refractivity contribution is 9.11. The van der Waals surface area contributed by atoms with Gasteiger partial charge in [0.25, 0.3) is 5.91 Å². The third-order valence-corrected chi connectivity index (χ3v) is 3.82. The van der Waals surface area contributed by atoms with E-state index in [9.17, 15) is 13.6 Å². The Balaban J connectivity index is 2.56. The second-order valence-corrected chi connectivity index (χ2v) is 5.75. The van der Waals surface area contributed by atoms with Crippen LogP contribution in [0.2, 0.25) is 0 Å². The molecule has 0 saturated carbocycles. The molecule has 2 nitrogen and oxygen atoms in total. The van der Waals surface area contributed by atoms with Crippen molar-refractivity contribution in [1.29, 1.82) is 0 Å². The maximum Gasteiger partial charge on any atom is 0.254 e. The van der Waals surface area contributed by atoms with Gasteiger partial charge in [-0.3, -0.25) is 4.79 Å². The molecule has 1 heterocycles. The lowest BCUT2D eigenvalue weighted by Gasteiger charge is -2.03. The number of carbonyl (C=O) groups excluding carboxylic acids is 1. The summed E-state index contributed by atoms with van der Waals surface area (Å²) in [5, 5.41) is 0. The minimum atomic E-state index is -1.11. The highest BCUT2D eigenvalue weighted by Gasteiger charge is 2.17. The van der Waals surface area contributed by atoms with Crippen LogP contribution in [0.5, 0.6) is 0 Å². The second kappa shape index (κ2) is 4.54. The van der Waals surface area contributed by atoms with Gasteiger partial charge in [0, 0.05) is 4.88 Å². The molecule has 0 atom stereocenters. The van der Waals surface area contributed by atoms with Crippen LogP contribution < -0.4 is 5.73 Å². The van der Waals surface area contributed by atoms with Gasteiger partial charge in [0.15, 0.2) is 0 Å². The summed E-state index contributed by atoms with van der Waals surface area (Å²) in [5.41, 5.74) is 4.56. The standard InChI is InChI=1S/C11H6BrF2NOS/c12-9-2-1-8(17-9)5-3-6(13)10(11(15)16)7(14)4-5/h1-4H,(H2,15,16). The number of thiophene rings is 1. The number of halogens is 3. The van der Waals surface area contributed by atoms with Crippen LogP contribution in [-0.4, -0.2) is 5.91 Å². The molecule has 0 unspecified atom stereocenters. The fourth-order valence-electron chi connectivity index (χ4n) is 1.42. The van der Waals surface area contributed by atoms with Gasteiger partial charge in [0.1, 0.15) is 17.2 Å². The van der Waals surface area contributed by atoms with E-state index in [0.29, 0.717) is 10.4 Å². The minimum Gasteiger partial charge on any atom is -0.365 e. The summed E-state index contributed by atoms with van der Waals surface area (Å²) < 4.78 is 27.9. The van der Waals surface area contributed by atoms with E-state index in [1.807, 2.05) is 0 Å². The van der Waals surface area contributed by atoms with Crippen molar-refractivity contribution in [3.8, 4) is 10.4 Å². The van der Waals surface area contributed by atoms with Crippen molar-refractivity contribution in [2.45, 2.75) is 0 Å². The molecule has 88 valence electrons. The molecule has 0 bridgehead atoms. The van der Waals surface area contributed by atoms with Gasteiger partial charge in [-0.05, 0) is 45.8 Å². The minimum absolute atomic E-state index is 0.376. The van der Waals surface area contributed by atoms with E-state index in [1.54, 1.807) is 12.1 Å². The van der Waals surface area contributed by atoms with Crippen LogP contribution in [0.25, 0.3) is 10.4 Å². The van der Waals surface area contributed by atoms with Gasteiger partial charge in [-0.2, -0.15) is 0 Å². The molecule has 0 saturated heterocycles. The first-order valence-electron chi connectivity index (χ1n) is 4.53. The number of amides is 1. The van der Waals surface area contributed by atoms with E-state index < -0.39 is 23.1 Å². The van der Waals surface area contributed by atoms with Gasteiger partial charge >= 0.3 is 0 Å². The SMILES string of the molecule is NC(=O)c1c(F)cc(-c2ccc(Br)s2)cc1F. The molecule has 6 heteroatoms. The van der Waals surface area contributed by atoms with Crippen LogP contribution in [0, 0.1) is 11.6 Å². The Kier molecular flexibility index (Phi) is 3.26. The number of benzene rings is 1. The third kappa shape index (κ3) is 2.37. The van der Waals surface area contributed by atoms with E-state index in [1.165, 1.54) is 11.3 Å². The van der Waals surface area contributed by atoms with Gasteiger partial charge in [-0.25, -0.2) is 8.78 Å². The Morgan fingerprint density at radius 3 is 2.24 bits per heavy atom. The molecule has 1 aromatic heterocycles. The van der Waals surface area contributed by atoms with Crippen LogP contribution >= 0.6 is 27.3 Å². The predicted molar refractivity (Wildman–Crippen MR) is 65.9 cm³/mol. The molecule has 2 N–H and O–H groups in total. The van der Waals surface area contributed by atoms with E-state index in [2.05, 4.69) is 15.9 Å². The van der Waals surface area contributed by atoms with E-state index in [0.717, 1.165) is 15.9 Å². The zero-order valence-corrected chi connectivity index (χ0v) is 10.7. The number of carbonyl (C=O) groups is 1. The van der Waals surface area contributed by atoms with Gasteiger partial charge < -0.3 is 5.73 Å². The van der Waals surface area contributed by atoms with Crippen LogP contribution in [0.1, 0.15) is 10.4 Å². The average molecular weight is 318 g/mol. The maximum atomic E-state index is 13.5. The van der Waals surface area contributed by atoms with Crippen LogP contribution in [-0.2, 0) is 0 Å². The number of hydrogen-bond donors (Lipinski definition) is 1.